The molecular weight excluding hydrogens is 230 g/mol. The smallest absolute Gasteiger partial charge is 0.219 e. The van der Waals surface area contributed by atoms with Gasteiger partial charge in [0.1, 0.15) is 5.25 Å². The second-order valence-electron chi connectivity index (χ2n) is 4.59. The monoisotopic (exact) mass is 249 g/mol. The van der Waals surface area contributed by atoms with Gasteiger partial charge in [-0.3, -0.25) is 0 Å². The Morgan fingerprint density at radius 1 is 1.44 bits per heavy atom. The molecule has 3 atom stereocenters. The van der Waals surface area contributed by atoms with Gasteiger partial charge >= 0.3 is 0 Å². The normalized spacial score (nSPS) is 33.8. The second-order valence-corrected chi connectivity index (χ2v) is 6.85. The Hall–Kier alpha value is -0.170. The van der Waals surface area contributed by atoms with Crippen molar-refractivity contribution in [3.8, 4) is 0 Å². The lowest BCUT2D eigenvalue weighted by molar-refractivity contribution is 0.105. The Labute approximate surface area is 96.4 Å². The van der Waals surface area contributed by atoms with Crippen molar-refractivity contribution in [1.29, 1.82) is 0 Å². The van der Waals surface area contributed by atoms with Crippen LogP contribution in [0.2, 0.25) is 0 Å². The summed E-state index contributed by atoms with van der Waals surface area (Å²) >= 11 is 0. The molecule has 16 heavy (non-hydrogen) atoms. The van der Waals surface area contributed by atoms with E-state index in [0.29, 0.717) is 19.4 Å². The minimum atomic E-state index is -3.24. The van der Waals surface area contributed by atoms with E-state index in [4.69, 9.17) is 9.84 Å². The molecule has 2 aliphatic rings. The van der Waals surface area contributed by atoms with E-state index in [9.17, 15) is 8.42 Å². The van der Waals surface area contributed by atoms with Crippen molar-refractivity contribution < 1.29 is 18.3 Å². The summed E-state index contributed by atoms with van der Waals surface area (Å²) < 4.78 is 31.3. The molecule has 2 rings (SSSR count). The lowest BCUT2D eigenvalue weighted by Crippen LogP contribution is -2.41. The predicted octanol–water partition coefficient (Wildman–Crippen LogP) is -0.0497. The molecule has 2 fully saturated rings. The first-order valence-corrected chi connectivity index (χ1v) is 7.27. The lowest BCUT2D eigenvalue weighted by atomic mass is 10.0. The maximum absolute atomic E-state index is 12.2. The summed E-state index contributed by atoms with van der Waals surface area (Å²) in [7, 11) is -1.66. The number of hydrogen-bond acceptors (Lipinski definition) is 4. The lowest BCUT2D eigenvalue weighted by Gasteiger charge is -2.25. The molecule has 1 N–H and O–H groups in total. The minimum absolute atomic E-state index is 0.0209. The molecule has 0 saturated carbocycles. The quantitative estimate of drug-likeness (QED) is 0.742. The Morgan fingerprint density at radius 3 is 2.69 bits per heavy atom. The zero-order valence-electron chi connectivity index (χ0n) is 9.50. The number of fused-ring (bicyclic) bond motifs is 2. The minimum Gasteiger partial charge on any atom is -0.396 e. The molecule has 0 aromatic heterocycles. The van der Waals surface area contributed by atoms with Gasteiger partial charge in [0.2, 0.25) is 10.0 Å². The summed E-state index contributed by atoms with van der Waals surface area (Å²) in [6, 6.07) is 0. The standard InChI is InChI=1S/C10H19NO4S/c1-11(5-2-6-12)16(13,14)10-7-8-3-4-9(10)15-8/h8-10,12H,2-7H2,1H3. The second kappa shape index (κ2) is 4.60. The van der Waals surface area contributed by atoms with Crippen LogP contribution >= 0.6 is 0 Å². The summed E-state index contributed by atoms with van der Waals surface area (Å²) in [4.78, 5) is 0. The van der Waals surface area contributed by atoms with E-state index >= 15 is 0 Å². The Kier molecular flexibility index (Phi) is 3.53. The fourth-order valence-corrected chi connectivity index (χ4v) is 4.44. The van der Waals surface area contributed by atoms with E-state index in [1.807, 2.05) is 0 Å². The van der Waals surface area contributed by atoms with Crippen molar-refractivity contribution >= 4 is 10.0 Å². The summed E-state index contributed by atoms with van der Waals surface area (Å²) in [5.74, 6) is 0. The maximum Gasteiger partial charge on any atom is 0.219 e. The van der Waals surface area contributed by atoms with Crippen molar-refractivity contribution in [3.05, 3.63) is 0 Å². The number of aliphatic hydroxyl groups is 1. The topological polar surface area (TPSA) is 66.8 Å². The van der Waals surface area contributed by atoms with Crippen molar-refractivity contribution in [1.82, 2.24) is 4.31 Å². The number of aliphatic hydroxyl groups excluding tert-OH is 1. The SMILES string of the molecule is CN(CCCO)S(=O)(=O)C1CC2CCC1O2. The first-order valence-electron chi connectivity index (χ1n) is 5.77. The van der Waals surface area contributed by atoms with E-state index in [-0.39, 0.29) is 24.1 Å². The zero-order chi connectivity index (χ0) is 11.8. The highest BCUT2D eigenvalue weighted by Gasteiger charge is 2.48. The highest BCUT2D eigenvalue weighted by atomic mass is 32.2. The molecule has 5 nitrogen and oxygen atoms in total. The van der Waals surface area contributed by atoms with Crippen LogP contribution in [0.3, 0.4) is 0 Å². The van der Waals surface area contributed by atoms with Gasteiger partial charge in [-0.1, -0.05) is 0 Å². The largest absolute Gasteiger partial charge is 0.396 e. The van der Waals surface area contributed by atoms with Gasteiger partial charge in [0.25, 0.3) is 0 Å². The molecule has 0 amide bonds. The van der Waals surface area contributed by atoms with E-state index in [1.54, 1.807) is 7.05 Å². The molecule has 6 heteroatoms. The van der Waals surface area contributed by atoms with Crippen LogP contribution in [0.4, 0.5) is 0 Å². The van der Waals surface area contributed by atoms with Crippen LogP contribution in [0.15, 0.2) is 0 Å². The molecule has 0 aromatic carbocycles. The molecule has 0 radical (unpaired) electrons. The first-order chi connectivity index (χ1) is 7.55. The van der Waals surface area contributed by atoms with Crippen LogP contribution in [-0.2, 0) is 14.8 Å². The molecular formula is C10H19NO4S. The van der Waals surface area contributed by atoms with E-state index in [1.165, 1.54) is 4.31 Å². The molecule has 2 aliphatic heterocycles. The first kappa shape index (κ1) is 12.3. The van der Waals surface area contributed by atoms with Crippen molar-refractivity contribution in [2.24, 2.45) is 0 Å². The number of sulfonamides is 1. The zero-order valence-corrected chi connectivity index (χ0v) is 10.3. The molecule has 0 aromatic rings. The van der Waals surface area contributed by atoms with Crippen LogP contribution < -0.4 is 0 Å². The van der Waals surface area contributed by atoms with Gasteiger partial charge in [-0.05, 0) is 25.7 Å². The van der Waals surface area contributed by atoms with Gasteiger partial charge < -0.3 is 9.84 Å². The Balaban J connectivity index is 2.02. The van der Waals surface area contributed by atoms with E-state index in [0.717, 1.165) is 12.8 Å². The Bertz CT molecular complexity index is 343. The third-order valence-electron chi connectivity index (χ3n) is 3.50. The molecule has 0 spiro atoms. The average Bonchev–Trinajstić information content (AvgIpc) is 2.87. The maximum atomic E-state index is 12.2. The third-order valence-corrected chi connectivity index (χ3v) is 5.81. The van der Waals surface area contributed by atoms with E-state index in [2.05, 4.69) is 0 Å². The number of nitrogens with zero attached hydrogens (tertiary/aromatic N) is 1. The number of rotatable bonds is 5. The van der Waals surface area contributed by atoms with Gasteiger partial charge in [0, 0.05) is 20.2 Å². The van der Waals surface area contributed by atoms with Gasteiger partial charge in [-0.25, -0.2) is 12.7 Å². The fraction of sp³-hybridized carbons (Fsp3) is 1.00. The summed E-state index contributed by atoms with van der Waals surface area (Å²) in [5.41, 5.74) is 0. The number of hydrogen-bond donors (Lipinski definition) is 1. The summed E-state index contributed by atoms with van der Waals surface area (Å²) in [6.45, 7) is 0.403. The van der Waals surface area contributed by atoms with Gasteiger partial charge in [-0.15, -0.1) is 0 Å². The highest BCUT2D eigenvalue weighted by Crippen LogP contribution is 2.38. The molecule has 0 aliphatic carbocycles. The molecule has 2 saturated heterocycles. The summed E-state index contributed by atoms with van der Waals surface area (Å²) in [5, 5.41) is 8.34. The van der Waals surface area contributed by atoms with Crippen LogP contribution in [0, 0.1) is 0 Å². The van der Waals surface area contributed by atoms with Crippen molar-refractivity contribution in [2.45, 2.75) is 43.1 Å². The predicted molar refractivity (Wildman–Crippen MR) is 59.6 cm³/mol. The van der Waals surface area contributed by atoms with Crippen LogP contribution in [-0.4, -0.2) is 55.5 Å². The molecule has 2 bridgehead atoms. The molecule has 3 unspecified atom stereocenters. The van der Waals surface area contributed by atoms with E-state index < -0.39 is 10.0 Å². The highest BCUT2D eigenvalue weighted by molar-refractivity contribution is 7.89. The van der Waals surface area contributed by atoms with Gasteiger partial charge in [0.05, 0.1) is 12.2 Å². The molecule has 2 heterocycles. The van der Waals surface area contributed by atoms with Crippen LogP contribution in [0.1, 0.15) is 25.7 Å². The van der Waals surface area contributed by atoms with Gasteiger partial charge in [0.15, 0.2) is 0 Å². The summed E-state index contributed by atoms with van der Waals surface area (Å²) in [6.07, 6.45) is 3.02. The molecule has 94 valence electrons. The third kappa shape index (κ3) is 2.11. The average molecular weight is 249 g/mol. The van der Waals surface area contributed by atoms with Crippen LogP contribution in [0.5, 0.6) is 0 Å². The van der Waals surface area contributed by atoms with Crippen molar-refractivity contribution in [2.75, 3.05) is 20.2 Å². The Morgan fingerprint density at radius 2 is 2.19 bits per heavy atom. The van der Waals surface area contributed by atoms with Crippen LogP contribution in [0.25, 0.3) is 0 Å². The number of ether oxygens (including phenoxy) is 1. The van der Waals surface area contributed by atoms with Crippen molar-refractivity contribution in [3.63, 3.8) is 0 Å². The fourth-order valence-electron chi connectivity index (χ4n) is 2.56. The van der Waals surface area contributed by atoms with Gasteiger partial charge in [-0.2, -0.15) is 0 Å².